The summed E-state index contributed by atoms with van der Waals surface area (Å²) in [5.74, 6) is -0.238. The first-order chi connectivity index (χ1) is 11.0. The van der Waals surface area contributed by atoms with Crippen molar-refractivity contribution < 1.29 is 9.90 Å². The maximum Gasteiger partial charge on any atom is 0.255 e. The molecule has 0 radical (unpaired) electrons. The molecular formula is C16H17N3O2S2. The predicted molar refractivity (Wildman–Crippen MR) is 92.7 cm³/mol. The fourth-order valence-electron chi connectivity index (χ4n) is 2.27. The summed E-state index contributed by atoms with van der Waals surface area (Å²) < 4.78 is 1.63. The van der Waals surface area contributed by atoms with E-state index in [9.17, 15) is 9.90 Å². The summed E-state index contributed by atoms with van der Waals surface area (Å²) in [5, 5.41) is 21.5. The summed E-state index contributed by atoms with van der Waals surface area (Å²) in [6.45, 7) is 1.84. The molecule has 0 aliphatic carbocycles. The Hall–Kier alpha value is -1.96. The zero-order valence-corrected chi connectivity index (χ0v) is 14.4. The molecule has 0 bridgehead atoms. The smallest absolute Gasteiger partial charge is 0.255 e. The number of amides is 1. The number of nitrogens with one attached hydrogen (secondary N) is 1. The van der Waals surface area contributed by atoms with Crippen LogP contribution in [-0.2, 0) is 12.6 Å². The largest absolute Gasteiger partial charge is 0.383 e. The highest BCUT2D eigenvalue weighted by molar-refractivity contribution is 7.13. The van der Waals surface area contributed by atoms with Crippen LogP contribution >= 0.6 is 22.7 Å². The van der Waals surface area contributed by atoms with Crippen LogP contribution in [0.4, 0.5) is 0 Å². The Morgan fingerprint density at radius 3 is 2.74 bits per heavy atom. The first kappa shape index (κ1) is 15.9. The normalized spacial score (nSPS) is 13.7. The number of thiophene rings is 2. The average Bonchev–Trinajstić information content (AvgIpc) is 3.24. The number of hydrogen-bond donors (Lipinski definition) is 2. The quantitative estimate of drug-likeness (QED) is 0.746. The van der Waals surface area contributed by atoms with Gasteiger partial charge in [-0.1, -0.05) is 12.1 Å². The second kappa shape index (κ2) is 6.27. The minimum atomic E-state index is -1.09. The number of nitrogens with zero attached hydrogens (tertiary/aromatic N) is 2. The van der Waals surface area contributed by atoms with Gasteiger partial charge in [0.2, 0.25) is 0 Å². The Morgan fingerprint density at radius 1 is 1.35 bits per heavy atom. The van der Waals surface area contributed by atoms with Crippen LogP contribution < -0.4 is 5.32 Å². The number of aliphatic hydroxyl groups is 1. The Balaban J connectivity index is 1.77. The zero-order chi connectivity index (χ0) is 16.4. The van der Waals surface area contributed by atoms with Crippen LogP contribution in [0.15, 0.2) is 41.2 Å². The van der Waals surface area contributed by atoms with Gasteiger partial charge < -0.3 is 10.4 Å². The van der Waals surface area contributed by atoms with E-state index in [1.165, 1.54) is 22.7 Å². The molecule has 120 valence electrons. The van der Waals surface area contributed by atoms with E-state index in [2.05, 4.69) is 10.4 Å². The molecule has 1 amide bonds. The van der Waals surface area contributed by atoms with E-state index >= 15 is 0 Å². The van der Waals surface area contributed by atoms with Crippen LogP contribution in [-0.4, -0.2) is 27.3 Å². The van der Waals surface area contributed by atoms with Crippen molar-refractivity contribution in [3.05, 3.63) is 51.7 Å². The molecule has 0 saturated heterocycles. The summed E-state index contributed by atoms with van der Waals surface area (Å²) >= 11 is 3.01. The van der Waals surface area contributed by atoms with E-state index in [0.717, 1.165) is 9.75 Å². The molecule has 3 heterocycles. The molecule has 0 saturated carbocycles. The standard InChI is InChI=1S/C16H17N3O2S2/c1-16(21,13-6-4-8-23-13)10-17-15(20)11-9-19(2)18-14(11)12-5-3-7-22-12/h3-9,21H,10H2,1-2H3,(H,17,20). The van der Waals surface area contributed by atoms with E-state index < -0.39 is 5.60 Å². The lowest BCUT2D eigenvalue weighted by Gasteiger charge is -2.22. The van der Waals surface area contributed by atoms with Crippen molar-refractivity contribution >= 4 is 28.6 Å². The first-order valence-corrected chi connectivity index (χ1v) is 8.85. The van der Waals surface area contributed by atoms with E-state index in [-0.39, 0.29) is 12.5 Å². The van der Waals surface area contributed by atoms with Crippen molar-refractivity contribution in [2.24, 2.45) is 7.05 Å². The summed E-state index contributed by atoms with van der Waals surface area (Å²) in [4.78, 5) is 14.3. The topological polar surface area (TPSA) is 67.2 Å². The molecule has 2 N–H and O–H groups in total. The monoisotopic (exact) mass is 347 g/mol. The highest BCUT2D eigenvalue weighted by Gasteiger charge is 2.26. The lowest BCUT2D eigenvalue weighted by molar-refractivity contribution is 0.0557. The summed E-state index contributed by atoms with van der Waals surface area (Å²) in [6.07, 6.45) is 1.70. The van der Waals surface area contributed by atoms with Gasteiger partial charge in [-0.15, -0.1) is 22.7 Å². The Kier molecular flexibility index (Phi) is 4.34. The molecule has 1 unspecified atom stereocenters. The Bertz CT molecular complexity index is 790. The molecule has 0 spiro atoms. The SMILES string of the molecule is Cn1cc(C(=O)NCC(C)(O)c2cccs2)c(-c2cccs2)n1. The molecule has 5 nitrogen and oxygen atoms in total. The van der Waals surface area contributed by atoms with Gasteiger partial charge in [0.25, 0.3) is 5.91 Å². The molecule has 7 heteroatoms. The molecule has 0 aromatic carbocycles. The van der Waals surface area contributed by atoms with E-state index in [1.54, 1.807) is 24.9 Å². The Morgan fingerprint density at radius 2 is 2.09 bits per heavy atom. The van der Waals surface area contributed by atoms with Crippen molar-refractivity contribution in [3.8, 4) is 10.6 Å². The van der Waals surface area contributed by atoms with Crippen molar-refractivity contribution in [2.75, 3.05) is 6.54 Å². The lowest BCUT2D eigenvalue weighted by atomic mass is 10.1. The van der Waals surface area contributed by atoms with Gasteiger partial charge in [0, 0.05) is 18.1 Å². The van der Waals surface area contributed by atoms with Gasteiger partial charge in [0.1, 0.15) is 11.3 Å². The highest BCUT2D eigenvalue weighted by atomic mass is 32.1. The third-order valence-electron chi connectivity index (χ3n) is 3.47. The zero-order valence-electron chi connectivity index (χ0n) is 12.8. The van der Waals surface area contributed by atoms with Crippen molar-refractivity contribution in [2.45, 2.75) is 12.5 Å². The highest BCUT2D eigenvalue weighted by Crippen LogP contribution is 2.27. The van der Waals surface area contributed by atoms with Gasteiger partial charge >= 0.3 is 0 Å². The molecule has 0 fully saturated rings. The number of hydrogen-bond acceptors (Lipinski definition) is 5. The van der Waals surface area contributed by atoms with E-state index in [1.807, 2.05) is 35.0 Å². The number of carbonyl (C=O) groups excluding carboxylic acids is 1. The van der Waals surface area contributed by atoms with Gasteiger partial charge in [-0.25, -0.2) is 0 Å². The van der Waals surface area contributed by atoms with Crippen LogP contribution in [0.1, 0.15) is 22.2 Å². The molecule has 3 aromatic heterocycles. The summed E-state index contributed by atoms with van der Waals surface area (Å²) in [5.41, 5.74) is 0.0856. The molecule has 0 aliphatic heterocycles. The third kappa shape index (κ3) is 3.36. The predicted octanol–water partition coefficient (Wildman–Crippen LogP) is 2.85. The maximum absolute atomic E-state index is 12.5. The molecule has 0 aliphatic rings. The third-order valence-corrected chi connectivity index (χ3v) is 5.47. The fraction of sp³-hybridized carbons (Fsp3) is 0.250. The van der Waals surface area contributed by atoms with Gasteiger partial charge in [-0.2, -0.15) is 5.10 Å². The fourth-order valence-corrected chi connectivity index (χ4v) is 3.78. The van der Waals surface area contributed by atoms with Crippen molar-refractivity contribution in [1.29, 1.82) is 0 Å². The van der Waals surface area contributed by atoms with Crippen molar-refractivity contribution in [1.82, 2.24) is 15.1 Å². The van der Waals surface area contributed by atoms with Crippen LogP contribution in [0, 0.1) is 0 Å². The molecule has 1 atom stereocenters. The molecule has 3 aromatic rings. The second-order valence-corrected chi connectivity index (χ2v) is 7.37. The van der Waals surface area contributed by atoms with Gasteiger partial charge in [-0.05, 0) is 29.8 Å². The molecule has 23 heavy (non-hydrogen) atoms. The van der Waals surface area contributed by atoms with E-state index in [0.29, 0.717) is 11.3 Å². The van der Waals surface area contributed by atoms with Crippen molar-refractivity contribution in [3.63, 3.8) is 0 Å². The maximum atomic E-state index is 12.5. The van der Waals surface area contributed by atoms with Gasteiger partial charge in [0.05, 0.1) is 17.0 Å². The molecular weight excluding hydrogens is 330 g/mol. The van der Waals surface area contributed by atoms with Crippen LogP contribution in [0.2, 0.25) is 0 Å². The minimum absolute atomic E-state index is 0.144. The number of aryl methyl sites for hydroxylation is 1. The van der Waals surface area contributed by atoms with Gasteiger partial charge in [0.15, 0.2) is 0 Å². The van der Waals surface area contributed by atoms with Crippen LogP contribution in [0.5, 0.6) is 0 Å². The van der Waals surface area contributed by atoms with Crippen LogP contribution in [0.3, 0.4) is 0 Å². The minimum Gasteiger partial charge on any atom is -0.383 e. The molecule has 3 rings (SSSR count). The average molecular weight is 347 g/mol. The summed E-state index contributed by atoms with van der Waals surface area (Å²) in [6, 6.07) is 7.60. The first-order valence-electron chi connectivity index (χ1n) is 7.09. The van der Waals surface area contributed by atoms with Crippen LogP contribution in [0.25, 0.3) is 10.6 Å². The second-order valence-electron chi connectivity index (χ2n) is 5.48. The Labute approximate surface area is 142 Å². The lowest BCUT2D eigenvalue weighted by Crippen LogP contribution is -2.38. The van der Waals surface area contributed by atoms with Gasteiger partial charge in [-0.3, -0.25) is 9.48 Å². The number of aromatic nitrogens is 2. The number of carbonyl (C=O) groups is 1. The van der Waals surface area contributed by atoms with E-state index in [4.69, 9.17) is 0 Å². The summed E-state index contributed by atoms with van der Waals surface area (Å²) in [7, 11) is 1.79. The number of rotatable bonds is 5.